The highest BCUT2D eigenvalue weighted by atomic mass is 79.9. The minimum Gasteiger partial charge on any atom is -0.384 e. The van der Waals surface area contributed by atoms with Crippen molar-refractivity contribution in [3.8, 4) is 0 Å². The lowest BCUT2D eigenvalue weighted by Gasteiger charge is -2.17. The molecule has 1 heterocycles. The lowest BCUT2D eigenvalue weighted by atomic mass is 10.1. The molecule has 0 radical (unpaired) electrons. The maximum atomic E-state index is 13.2. The van der Waals surface area contributed by atoms with Gasteiger partial charge in [0.2, 0.25) is 0 Å². The van der Waals surface area contributed by atoms with Crippen LogP contribution in [0.3, 0.4) is 0 Å². The standard InChI is InChI=1S/C13H15BrFNO2/c1-18-8-9-4-5-16(7-9)13(17)11-6-10(15)2-3-12(11)14/h2-3,6,9H,4-5,7-8H2,1H3. The summed E-state index contributed by atoms with van der Waals surface area (Å²) >= 11 is 3.29. The number of amides is 1. The number of likely N-dealkylation sites (tertiary alicyclic amines) is 1. The molecule has 1 unspecified atom stereocenters. The second kappa shape index (κ2) is 5.80. The van der Waals surface area contributed by atoms with E-state index in [0.29, 0.717) is 35.7 Å². The predicted octanol–water partition coefficient (Wildman–Crippen LogP) is 2.70. The average Bonchev–Trinajstić information content (AvgIpc) is 2.80. The van der Waals surface area contributed by atoms with Crippen molar-refractivity contribution in [2.45, 2.75) is 6.42 Å². The predicted molar refractivity (Wildman–Crippen MR) is 70.0 cm³/mol. The van der Waals surface area contributed by atoms with E-state index in [-0.39, 0.29) is 5.91 Å². The molecular formula is C13H15BrFNO2. The lowest BCUT2D eigenvalue weighted by Crippen LogP contribution is -2.29. The quantitative estimate of drug-likeness (QED) is 0.858. The number of nitrogens with zero attached hydrogens (tertiary/aromatic N) is 1. The monoisotopic (exact) mass is 315 g/mol. The number of methoxy groups -OCH3 is 1. The molecule has 18 heavy (non-hydrogen) atoms. The summed E-state index contributed by atoms with van der Waals surface area (Å²) in [5.41, 5.74) is 0.382. The molecule has 0 bridgehead atoms. The fraction of sp³-hybridized carbons (Fsp3) is 0.462. The summed E-state index contributed by atoms with van der Waals surface area (Å²) in [5.74, 6) is -0.138. The van der Waals surface area contributed by atoms with Gasteiger partial charge in [-0.05, 0) is 40.5 Å². The summed E-state index contributed by atoms with van der Waals surface area (Å²) in [6, 6.07) is 4.17. The summed E-state index contributed by atoms with van der Waals surface area (Å²) in [7, 11) is 1.66. The summed E-state index contributed by atoms with van der Waals surface area (Å²) in [6.07, 6.45) is 0.937. The Morgan fingerprint density at radius 2 is 2.39 bits per heavy atom. The normalized spacial score (nSPS) is 19.3. The molecule has 0 N–H and O–H groups in total. The molecule has 3 nitrogen and oxygen atoms in total. The Morgan fingerprint density at radius 3 is 3.11 bits per heavy atom. The molecule has 1 atom stereocenters. The molecule has 1 aromatic carbocycles. The van der Waals surface area contributed by atoms with Crippen LogP contribution < -0.4 is 0 Å². The summed E-state index contributed by atoms with van der Waals surface area (Å²) in [4.78, 5) is 14.0. The van der Waals surface area contributed by atoms with Crippen LogP contribution in [-0.2, 0) is 4.74 Å². The van der Waals surface area contributed by atoms with E-state index in [2.05, 4.69) is 15.9 Å². The summed E-state index contributed by atoms with van der Waals surface area (Å²) in [5, 5.41) is 0. The van der Waals surface area contributed by atoms with Crippen LogP contribution in [0, 0.1) is 11.7 Å². The van der Waals surface area contributed by atoms with Crippen molar-refractivity contribution in [1.82, 2.24) is 4.90 Å². The van der Waals surface area contributed by atoms with E-state index in [9.17, 15) is 9.18 Å². The highest BCUT2D eigenvalue weighted by molar-refractivity contribution is 9.10. The van der Waals surface area contributed by atoms with Gasteiger partial charge in [-0.3, -0.25) is 4.79 Å². The molecular weight excluding hydrogens is 301 g/mol. The molecule has 0 spiro atoms. The average molecular weight is 316 g/mol. The van der Waals surface area contributed by atoms with Crippen LogP contribution in [0.1, 0.15) is 16.8 Å². The molecule has 1 amide bonds. The number of carbonyl (C=O) groups is 1. The van der Waals surface area contributed by atoms with Gasteiger partial charge in [0.05, 0.1) is 12.2 Å². The van der Waals surface area contributed by atoms with E-state index in [1.165, 1.54) is 12.1 Å². The Labute approximate surface area is 114 Å². The van der Waals surface area contributed by atoms with Crippen molar-refractivity contribution in [1.29, 1.82) is 0 Å². The molecule has 1 saturated heterocycles. The first-order valence-corrected chi connectivity index (χ1v) is 6.64. The molecule has 0 aromatic heterocycles. The Morgan fingerprint density at radius 1 is 1.61 bits per heavy atom. The number of rotatable bonds is 3. The molecule has 2 rings (SSSR count). The van der Waals surface area contributed by atoms with E-state index in [1.807, 2.05) is 0 Å². The van der Waals surface area contributed by atoms with Gasteiger partial charge in [0.1, 0.15) is 5.82 Å². The number of halogens is 2. The van der Waals surface area contributed by atoms with Gasteiger partial charge in [0.15, 0.2) is 0 Å². The Hall–Kier alpha value is -0.940. The number of hydrogen-bond donors (Lipinski definition) is 0. The molecule has 5 heteroatoms. The minimum atomic E-state index is -0.394. The maximum absolute atomic E-state index is 13.2. The largest absolute Gasteiger partial charge is 0.384 e. The van der Waals surface area contributed by atoms with Crippen LogP contribution in [-0.4, -0.2) is 37.6 Å². The zero-order valence-electron chi connectivity index (χ0n) is 10.2. The molecule has 1 aliphatic rings. The topological polar surface area (TPSA) is 29.5 Å². The first kappa shape index (κ1) is 13.5. The Kier molecular flexibility index (Phi) is 4.35. The highest BCUT2D eigenvalue weighted by Crippen LogP contribution is 2.23. The van der Waals surface area contributed by atoms with Crippen LogP contribution in [0.5, 0.6) is 0 Å². The van der Waals surface area contributed by atoms with Gasteiger partial charge in [-0.25, -0.2) is 4.39 Å². The van der Waals surface area contributed by atoms with Crippen LogP contribution in [0.25, 0.3) is 0 Å². The zero-order chi connectivity index (χ0) is 13.1. The van der Waals surface area contributed by atoms with Gasteiger partial charge in [0, 0.05) is 30.6 Å². The number of carbonyl (C=O) groups excluding carboxylic acids is 1. The van der Waals surface area contributed by atoms with E-state index in [1.54, 1.807) is 18.1 Å². The Balaban J connectivity index is 2.10. The van der Waals surface area contributed by atoms with Crippen molar-refractivity contribution in [2.24, 2.45) is 5.92 Å². The molecule has 0 aliphatic carbocycles. The third-order valence-electron chi connectivity index (χ3n) is 3.13. The molecule has 1 fully saturated rings. The van der Waals surface area contributed by atoms with Crippen molar-refractivity contribution < 1.29 is 13.9 Å². The zero-order valence-corrected chi connectivity index (χ0v) is 11.7. The fourth-order valence-corrected chi connectivity index (χ4v) is 2.64. The minimum absolute atomic E-state index is 0.125. The smallest absolute Gasteiger partial charge is 0.255 e. The number of ether oxygens (including phenoxy) is 1. The van der Waals surface area contributed by atoms with Crippen LogP contribution in [0.4, 0.5) is 4.39 Å². The van der Waals surface area contributed by atoms with Gasteiger partial charge < -0.3 is 9.64 Å². The first-order valence-electron chi connectivity index (χ1n) is 5.85. The van der Waals surface area contributed by atoms with Gasteiger partial charge in [0.25, 0.3) is 5.91 Å². The van der Waals surface area contributed by atoms with E-state index >= 15 is 0 Å². The van der Waals surface area contributed by atoms with E-state index in [4.69, 9.17) is 4.74 Å². The van der Waals surface area contributed by atoms with Crippen LogP contribution in [0.2, 0.25) is 0 Å². The second-order valence-corrected chi connectivity index (χ2v) is 5.34. The summed E-state index contributed by atoms with van der Waals surface area (Å²) < 4.78 is 18.9. The van der Waals surface area contributed by atoms with Crippen LogP contribution in [0.15, 0.2) is 22.7 Å². The molecule has 1 aromatic rings. The molecule has 98 valence electrons. The second-order valence-electron chi connectivity index (χ2n) is 4.49. The van der Waals surface area contributed by atoms with Crippen molar-refractivity contribution in [3.05, 3.63) is 34.1 Å². The highest BCUT2D eigenvalue weighted by Gasteiger charge is 2.27. The van der Waals surface area contributed by atoms with E-state index < -0.39 is 5.82 Å². The third-order valence-corrected chi connectivity index (χ3v) is 3.83. The number of hydrogen-bond acceptors (Lipinski definition) is 2. The third kappa shape index (κ3) is 2.90. The van der Waals surface area contributed by atoms with Gasteiger partial charge in [-0.15, -0.1) is 0 Å². The van der Waals surface area contributed by atoms with Crippen molar-refractivity contribution in [3.63, 3.8) is 0 Å². The van der Waals surface area contributed by atoms with Crippen molar-refractivity contribution >= 4 is 21.8 Å². The first-order chi connectivity index (χ1) is 8.61. The maximum Gasteiger partial charge on any atom is 0.255 e. The van der Waals surface area contributed by atoms with E-state index in [0.717, 1.165) is 6.42 Å². The fourth-order valence-electron chi connectivity index (χ4n) is 2.22. The number of benzene rings is 1. The Bertz CT molecular complexity index is 453. The lowest BCUT2D eigenvalue weighted by molar-refractivity contribution is 0.0774. The van der Waals surface area contributed by atoms with Gasteiger partial charge >= 0.3 is 0 Å². The molecule has 1 aliphatic heterocycles. The van der Waals surface area contributed by atoms with Gasteiger partial charge in [-0.2, -0.15) is 0 Å². The van der Waals surface area contributed by atoms with Gasteiger partial charge in [-0.1, -0.05) is 0 Å². The van der Waals surface area contributed by atoms with Crippen molar-refractivity contribution in [2.75, 3.05) is 26.8 Å². The SMILES string of the molecule is COCC1CCN(C(=O)c2cc(F)ccc2Br)C1. The van der Waals surface area contributed by atoms with Crippen LogP contribution >= 0.6 is 15.9 Å². The molecule has 0 saturated carbocycles. The summed E-state index contributed by atoms with van der Waals surface area (Å²) in [6.45, 7) is 2.04.